The first kappa shape index (κ1) is 18.2. The van der Waals surface area contributed by atoms with Gasteiger partial charge in [-0.15, -0.1) is 0 Å². The molecular weight excluding hydrogens is 328 g/mol. The number of urea groups is 1. The van der Waals surface area contributed by atoms with Gasteiger partial charge in [-0.3, -0.25) is 19.3 Å². The van der Waals surface area contributed by atoms with E-state index in [-0.39, 0.29) is 25.1 Å². The number of aryl methyl sites for hydroxylation is 2. The number of esters is 1. The third kappa shape index (κ3) is 3.52. The quantitative estimate of drug-likeness (QED) is 0.583. The van der Waals surface area contributed by atoms with Gasteiger partial charge >= 0.3 is 12.0 Å². The molecular formula is C16H18N4O5. The summed E-state index contributed by atoms with van der Waals surface area (Å²) in [6.07, 6.45) is -0.250. The second-order valence-electron chi connectivity index (χ2n) is 5.68. The zero-order valence-corrected chi connectivity index (χ0v) is 14.2. The van der Waals surface area contributed by atoms with E-state index in [9.17, 15) is 19.2 Å². The van der Waals surface area contributed by atoms with Crippen molar-refractivity contribution in [2.24, 2.45) is 0 Å². The smallest absolute Gasteiger partial charge is 0.324 e. The number of imide groups is 1. The van der Waals surface area contributed by atoms with Crippen LogP contribution in [0.15, 0.2) is 10.9 Å². The highest BCUT2D eigenvalue weighted by molar-refractivity contribution is 6.05. The van der Waals surface area contributed by atoms with Gasteiger partial charge in [-0.1, -0.05) is 0 Å². The Morgan fingerprint density at radius 2 is 2.00 bits per heavy atom. The average Bonchev–Trinajstić information content (AvgIpc) is 2.81. The molecule has 0 saturated carbocycles. The monoisotopic (exact) mass is 346 g/mol. The first-order chi connectivity index (χ1) is 11.8. The number of carbonyl (C=O) groups is 3. The number of aromatic nitrogens is 1. The summed E-state index contributed by atoms with van der Waals surface area (Å²) in [4.78, 5) is 48.7. The molecule has 0 spiro atoms. The van der Waals surface area contributed by atoms with Crippen molar-refractivity contribution in [2.75, 3.05) is 13.7 Å². The van der Waals surface area contributed by atoms with Gasteiger partial charge in [0, 0.05) is 18.8 Å². The van der Waals surface area contributed by atoms with Crippen LogP contribution in [0.3, 0.4) is 0 Å². The van der Waals surface area contributed by atoms with E-state index < -0.39 is 29.5 Å². The molecule has 1 fully saturated rings. The molecule has 2 heterocycles. The van der Waals surface area contributed by atoms with Gasteiger partial charge in [-0.2, -0.15) is 5.26 Å². The molecule has 1 aromatic heterocycles. The van der Waals surface area contributed by atoms with Crippen molar-refractivity contribution in [3.63, 3.8) is 0 Å². The highest BCUT2D eigenvalue weighted by atomic mass is 16.5. The molecule has 0 aliphatic carbocycles. The second kappa shape index (κ2) is 7.17. The van der Waals surface area contributed by atoms with Crippen LogP contribution in [0.25, 0.3) is 0 Å². The number of ether oxygens (including phenoxy) is 1. The topological polar surface area (TPSA) is 122 Å². The van der Waals surface area contributed by atoms with Crippen molar-refractivity contribution in [3.8, 4) is 6.07 Å². The molecule has 0 bridgehead atoms. The Morgan fingerprint density at radius 1 is 1.32 bits per heavy atom. The van der Waals surface area contributed by atoms with Crippen LogP contribution in [0.5, 0.6) is 0 Å². The fourth-order valence-corrected chi connectivity index (χ4v) is 2.72. The highest BCUT2D eigenvalue weighted by Gasteiger charge is 2.39. The van der Waals surface area contributed by atoms with Crippen LogP contribution in [0.4, 0.5) is 4.79 Å². The van der Waals surface area contributed by atoms with Crippen LogP contribution in [0.2, 0.25) is 0 Å². The molecule has 1 N–H and O–H groups in total. The predicted molar refractivity (Wildman–Crippen MR) is 85.6 cm³/mol. The number of nitriles is 1. The summed E-state index contributed by atoms with van der Waals surface area (Å²) in [5, 5.41) is 11.5. The van der Waals surface area contributed by atoms with Crippen LogP contribution in [0, 0.1) is 25.2 Å². The van der Waals surface area contributed by atoms with Crippen molar-refractivity contribution in [2.45, 2.75) is 32.9 Å². The summed E-state index contributed by atoms with van der Waals surface area (Å²) >= 11 is 0. The molecule has 1 aliphatic heterocycles. The van der Waals surface area contributed by atoms with Crippen LogP contribution in [0.1, 0.15) is 23.2 Å². The van der Waals surface area contributed by atoms with Crippen molar-refractivity contribution in [1.29, 1.82) is 5.26 Å². The Morgan fingerprint density at radius 3 is 2.60 bits per heavy atom. The van der Waals surface area contributed by atoms with Crippen molar-refractivity contribution < 1.29 is 19.1 Å². The van der Waals surface area contributed by atoms with Crippen LogP contribution < -0.4 is 10.9 Å². The summed E-state index contributed by atoms with van der Waals surface area (Å²) < 4.78 is 5.84. The summed E-state index contributed by atoms with van der Waals surface area (Å²) in [6.45, 7) is 3.40. The molecule has 1 aromatic rings. The third-order valence-corrected chi connectivity index (χ3v) is 4.07. The van der Waals surface area contributed by atoms with Gasteiger partial charge in [0.05, 0.1) is 13.5 Å². The molecule has 0 aromatic carbocycles. The van der Waals surface area contributed by atoms with Crippen LogP contribution in [-0.2, 0) is 20.9 Å². The summed E-state index contributed by atoms with van der Waals surface area (Å²) in [5.41, 5.74) is 0.776. The second-order valence-corrected chi connectivity index (χ2v) is 5.68. The van der Waals surface area contributed by atoms with Crippen LogP contribution in [-0.4, -0.2) is 47.1 Å². The molecule has 0 radical (unpaired) electrons. The minimum Gasteiger partial charge on any atom is -0.469 e. The Labute approximate surface area is 143 Å². The van der Waals surface area contributed by atoms with Gasteiger partial charge in [-0.25, -0.2) is 4.79 Å². The fourth-order valence-electron chi connectivity index (χ4n) is 2.72. The van der Waals surface area contributed by atoms with Gasteiger partial charge in [0.15, 0.2) is 0 Å². The SMILES string of the molecule is COC(=O)CC1NC(=O)N(CCn2c(C)cc(C)c(C#N)c2=O)C1=O. The summed E-state index contributed by atoms with van der Waals surface area (Å²) in [7, 11) is 1.20. The van der Waals surface area contributed by atoms with E-state index >= 15 is 0 Å². The number of nitrogens with zero attached hydrogens (tertiary/aromatic N) is 3. The number of methoxy groups -OCH3 is 1. The molecule has 1 aliphatic rings. The zero-order chi connectivity index (χ0) is 18.7. The maximum Gasteiger partial charge on any atom is 0.324 e. The zero-order valence-electron chi connectivity index (χ0n) is 14.2. The number of rotatable bonds is 5. The lowest BCUT2D eigenvalue weighted by molar-refractivity contribution is -0.143. The van der Waals surface area contributed by atoms with E-state index in [1.807, 2.05) is 6.07 Å². The largest absolute Gasteiger partial charge is 0.469 e. The first-order valence-corrected chi connectivity index (χ1v) is 7.60. The molecule has 25 heavy (non-hydrogen) atoms. The van der Waals surface area contributed by atoms with Crippen LogP contribution >= 0.6 is 0 Å². The molecule has 132 valence electrons. The Hall–Kier alpha value is -3.15. The average molecular weight is 346 g/mol. The molecule has 1 saturated heterocycles. The van der Waals surface area contributed by atoms with E-state index in [4.69, 9.17) is 5.26 Å². The number of hydrogen-bond donors (Lipinski definition) is 1. The van der Waals surface area contributed by atoms with Gasteiger partial charge in [0.1, 0.15) is 17.7 Å². The molecule has 2 rings (SSSR count). The minimum absolute atomic E-state index is 0.0337. The summed E-state index contributed by atoms with van der Waals surface area (Å²) in [6, 6.07) is 1.97. The maximum atomic E-state index is 12.3. The predicted octanol–water partition coefficient (Wildman–Crippen LogP) is -0.180. The lowest BCUT2D eigenvalue weighted by Gasteiger charge is -2.16. The normalized spacial score (nSPS) is 16.6. The van der Waals surface area contributed by atoms with Crippen molar-refractivity contribution in [3.05, 3.63) is 33.2 Å². The maximum absolute atomic E-state index is 12.3. The van der Waals surface area contributed by atoms with Crippen molar-refractivity contribution in [1.82, 2.24) is 14.8 Å². The third-order valence-electron chi connectivity index (χ3n) is 4.07. The Bertz CT molecular complexity index is 836. The standard InChI is InChI=1S/C16H18N4O5/c1-9-6-10(2)19(14(22)11(9)8-17)4-5-20-15(23)12(18-16(20)24)7-13(21)25-3/h6,12H,4-5,7H2,1-3H3,(H,18,24). The number of nitrogens with one attached hydrogen (secondary N) is 1. The molecule has 9 nitrogen and oxygen atoms in total. The van der Waals surface area contributed by atoms with Crippen molar-refractivity contribution >= 4 is 17.9 Å². The first-order valence-electron chi connectivity index (χ1n) is 7.60. The highest BCUT2D eigenvalue weighted by Crippen LogP contribution is 2.11. The van der Waals surface area contributed by atoms with Gasteiger partial charge in [-0.05, 0) is 25.5 Å². The number of hydrogen-bond acceptors (Lipinski definition) is 6. The number of carbonyl (C=O) groups excluding carboxylic acids is 3. The number of amides is 3. The molecule has 1 atom stereocenters. The molecule has 1 unspecified atom stereocenters. The number of pyridine rings is 1. The van der Waals surface area contributed by atoms with E-state index in [1.165, 1.54) is 11.7 Å². The lowest BCUT2D eigenvalue weighted by atomic mass is 10.1. The summed E-state index contributed by atoms with van der Waals surface area (Å²) in [5.74, 6) is -1.15. The Kier molecular flexibility index (Phi) is 5.22. The van der Waals surface area contributed by atoms with E-state index in [1.54, 1.807) is 19.9 Å². The van der Waals surface area contributed by atoms with Gasteiger partial charge in [0.2, 0.25) is 0 Å². The van der Waals surface area contributed by atoms with E-state index in [2.05, 4.69) is 10.1 Å². The minimum atomic E-state index is -0.967. The Balaban J connectivity index is 2.16. The lowest BCUT2D eigenvalue weighted by Crippen LogP contribution is -2.37. The van der Waals surface area contributed by atoms with Gasteiger partial charge in [0.25, 0.3) is 11.5 Å². The molecule has 9 heteroatoms. The van der Waals surface area contributed by atoms with E-state index in [0.717, 1.165) is 4.90 Å². The molecule has 3 amide bonds. The van der Waals surface area contributed by atoms with E-state index in [0.29, 0.717) is 11.3 Å². The fraction of sp³-hybridized carbons (Fsp3) is 0.438. The van der Waals surface area contributed by atoms with Gasteiger partial charge < -0.3 is 14.6 Å².